The first-order valence-corrected chi connectivity index (χ1v) is 2.13. The van der Waals surface area contributed by atoms with Crippen LogP contribution in [0.25, 0.3) is 0 Å². The summed E-state index contributed by atoms with van der Waals surface area (Å²) in [6.07, 6.45) is 1.70. The summed E-state index contributed by atoms with van der Waals surface area (Å²) < 4.78 is 0. The standard InChI is InChI=1S/C5H6N2/c1-4-2-3-7-5(4)6/h2-3,7H,1H3. The zero-order valence-electron chi connectivity index (χ0n) is 4.10. The number of hydrogen-bond acceptors (Lipinski definition) is 0. The van der Waals surface area contributed by atoms with Gasteiger partial charge in [0.1, 0.15) is 0 Å². The summed E-state index contributed by atoms with van der Waals surface area (Å²) in [5, 5.41) is 0. The zero-order valence-corrected chi connectivity index (χ0v) is 4.10. The fourth-order valence-electron chi connectivity index (χ4n) is 0.438. The molecule has 2 radical (unpaired) electrons. The number of aryl methyl sites for hydroxylation is 1. The van der Waals surface area contributed by atoms with E-state index in [0.717, 1.165) is 5.56 Å². The molecule has 0 spiro atoms. The lowest BCUT2D eigenvalue weighted by molar-refractivity contribution is 1.29. The molecule has 1 rings (SSSR count). The van der Waals surface area contributed by atoms with Crippen LogP contribution in [0.2, 0.25) is 0 Å². The normalized spacial score (nSPS) is 9.29. The van der Waals surface area contributed by atoms with Gasteiger partial charge in [0.15, 0.2) is 5.82 Å². The van der Waals surface area contributed by atoms with E-state index in [1.807, 2.05) is 13.0 Å². The van der Waals surface area contributed by atoms with Crippen molar-refractivity contribution in [3.8, 4) is 0 Å². The molecule has 0 unspecified atom stereocenters. The first-order valence-electron chi connectivity index (χ1n) is 2.13. The van der Waals surface area contributed by atoms with Crippen LogP contribution >= 0.6 is 0 Å². The Morgan fingerprint density at radius 3 is 2.57 bits per heavy atom. The summed E-state index contributed by atoms with van der Waals surface area (Å²) in [7, 11) is 0. The number of hydrogen-bond donors (Lipinski definition) is 1. The Morgan fingerprint density at radius 2 is 2.43 bits per heavy atom. The van der Waals surface area contributed by atoms with Crippen molar-refractivity contribution in [3.05, 3.63) is 17.8 Å². The molecule has 7 heavy (non-hydrogen) atoms. The van der Waals surface area contributed by atoms with E-state index in [0.29, 0.717) is 0 Å². The molecule has 0 atom stereocenters. The van der Waals surface area contributed by atoms with Gasteiger partial charge in [-0.3, -0.25) is 0 Å². The Bertz CT molecular complexity index is 138. The van der Waals surface area contributed by atoms with Gasteiger partial charge in [0.25, 0.3) is 0 Å². The van der Waals surface area contributed by atoms with Crippen molar-refractivity contribution < 1.29 is 0 Å². The number of aromatic amines is 1. The molecule has 36 valence electrons. The lowest BCUT2D eigenvalue weighted by atomic mass is 10.4. The van der Waals surface area contributed by atoms with E-state index in [1.165, 1.54) is 0 Å². The minimum Gasteiger partial charge on any atom is -0.345 e. The highest BCUT2D eigenvalue weighted by Gasteiger charge is 1.89. The van der Waals surface area contributed by atoms with Gasteiger partial charge in [-0.25, -0.2) is 0 Å². The molecule has 0 aromatic carbocycles. The Morgan fingerprint density at radius 1 is 1.71 bits per heavy atom. The first kappa shape index (κ1) is 4.24. The molecule has 1 N–H and O–H groups in total. The molecule has 0 amide bonds. The maximum atomic E-state index is 8.70. The summed E-state index contributed by atoms with van der Waals surface area (Å²) >= 11 is 0. The van der Waals surface area contributed by atoms with E-state index in [4.69, 9.17) is 5.73 Å². The highest BCUT2D eigenvalue weighted by molar-refractivity contribution is 5.34. The smallest absolute Gasteiger partial charge is 0.155 e. The van der Waals surface area contributed by atoms with Crippen LogP contribution < -0.4 is 5.73 Å². The molecule has 1 aromatic heterocycles. The van der Waals surface area contributed by atoms with Crippen molar-refractivity contribution in [2.75, 3.05) is 0 Å². The van der Waals surface area contributed by atoms with Crippen molar-refractivity contribution in [1.82, 2.24) is 10.7 Å². The molecule has 0 saturated heterocycles. The van der Waals surface area contributed by atoms with Crippen molar-refractivity contribution >= 4 is 5.82 Å². The average Bonchev–Trinajstić information content (AvgIpc) is 1.91. The van der Waals surface area contributed by atoms with Crippen molar-refractivity contribution in [1.29, 1.82) is 0 Å². The number of nitrogens with one attached hydrogen (secondary N) is 1. The van der Waals surface area contributed by atoms with Crippen LogP contribution in [0.5, 0.6) is 0 Å². The van der Waals surface area contributed by atoms with Gasteiger partial charge in [0, 0.05) is 6.20 Å². The largest absolute Gasteiger partial charge is 0.345 e. The van der Waals surface area contributed by atoms with Crippen LogP contribution in [-0.2, 0) is 0 Å². The van der Waals surface area contributed by atoms with Crippen LogP contribution in [0.15, 0.2) is 12.3 Å². The van der Waals surface area contributed by atoms with E-state index in [-0.39, 0.29) is 5.82 Å². The third-order valence-electron chi connectivity index (χ3n) is 0.927. The maximum Gasteiger partial charge on any atom is 0.155 e. The summed E-state index contributed by atoms with van der Waals surface area (Å²) in [5.41, 5.74) is 9.59. The summed E-state index contributed by atoms with van der Waals surface area (Å²) in [4.78, 5) is 2.62. The predicted molar refractivity (Wildman–Crippen MR) is 27.3 cm³/mol. The quantitative estimate of drug-likeness (QED) is 0.498. The fraction of sp³-hybridized carbons (Fsp3) is 0.200. The number of aromatic nitrogens is 1. The fourth-order valence-corrected chi connectivity index (χ4v) is 0.438. The Balaban J connectivity index is 3.12. The molecule has 0 aliphatic heterocycles. The van der Waals surface area contributed by atoms with E-state index in [9.17, 15) is 0 Å². The van der Waals surface area contributed by atoms with Gasteiger partial charge in [-0.1, -0.05) is 0 Å². The zero-order chi connectivity index (χ0) is 5.28. The predicted octanol–water partition coefficient (Wildman–Crippen LogP) is 1.02. The van der Waals surface area contributed by atoms with E-state index >= 15 is 0 Å². The van der Waals surface area contributed by atoms with Crippen molar-refractivity contribution in [3.63, 3.8) is 0 Å². The van der Waals surface area contributed by atoms with Crippen molar-refractivity contribution in [2.45, 2.75) is 6.92 Å². The Kier molecular flexibility index (Phi) is 0.785. The van der Waals surface area contributed by atoms with Gasteiger partial charge in [-0.2, -0.15) is 0 Å². The van der Waals surface area contributed by atoms with Gasteiger partial charge in [-0.05, 0) is 18.6 Å². The topological polar surface area (TPSA) is 38.1 Å². The lowest BCUT2D eigenvalue weighted by Gasteiger charge is -1.77. The maximum absolute atomic E-state index is 8.70. The molecule has 0 fully saturated rings. The van der Waals surface area contributed by atoms with E-state index in [1.54, 1.807) is 6.20 Å². The highest BCUT2D eigenvalue weighted by atomic mass is 14.8. The first-order chi connectivity index (χ1) is 3.30. The molecule has 2 heteroatoms. The second-order valence-electron chi connectivity index (χ2n) is 1.51. The minimum absolute atomic E-state index is 0.264. The van der Waals surface area contributed by atoms with Gasteiger partial charge < -0.3 is 4.98 Å². The van der Waals surface area contributed by atoms with E-state index < -0.39 is 0 Å². The molecule has 1 aromatic rings. The molecule has 0 bridgehead atoms. The number of rotatable bonds is 0. The second kappa shape index (κ2) is 1.30. The van der Waals surface area contributed by atoms with Crippen LogP contribution in [0.4, 0.5) is 5.82 Å². The molecular formula is C5H6N2. The van der Waals surface area contributed by atoms with Crippen LogP contribution in [0.3, 0.4) is 0 Å². The Labute approximate surface area is 42.3 Å². The summed E-state index contributed by atoms with van der Waals surface area (Å²) in [5.74, 6) is 0.264. The van der Waals surface area contributed by atoms with Gasteiger partial charge in [0.05, 0.1) is 0 Å². The van der Waals surface area contributed by atoms with Crippen LogP contribution in [0, 0.1) is 6.92 Å². The lowest BCUT2D eigenvalue weighted by Crippen LogP contribution is -1.67. The summed E-state index contributed by atoms with van der Waals surface area (Å²) in [6, 6.07) is 1.81. The Hall–Kier alpha value is -0.920. The molecular weight excluding hydrogens is 88.1 g/mol. The third-order valence-corrected chi connectivity index (χ3v) is 0.927. The SMILES string of the molecule is Cc1cc[nH]c1[N]. The monoisotopic (exact) mass is 94.1 g/mol. The number of nitrogens with zero attached hydrogens (tertiary/aromatic N) is 1. The van der Waals surface area contributed by atoms with Gasteiger partial charge >= 0.3 is 0 Å². The number of H-pyrrole nitrogens is 1. The average molecular weight is 94.1 g/mol. The molecule has 0 aliphatic rings. The van der Waals surface area contributed by atoms with Crippen LogP contribution in [-0.4, -0.2) is 4.98 Å². The molecule has 2 nitrogen and oxygen atoms in total. The minimum atomic E-state index is 0.264. The van der Waals surface area contributed by atoms with Gasteiger partial charge in [0.2, 0.25) is 0 Å². The highest BCUT2D eigenvalue weighted by Crippen LogP contribution is 2.05. The molecule has 1 heterocycles. The molecule has 0 saturated carbocycles. The summed E-state index contributed by atoms with van der Waals surface area (Å²) in [6.45, 7) is 1.84. The van der Waals surface area contributed by atoms with Crippen LogP contribution in [0.1, 0.15) is 5.56 Å². The molecule has 0 aliphatic carbocycles. The van der Waals surface area contributed by atoms with E-state index in [2.05, 4.69) is 4.98 Å². The third kappa shape index (κ3) is 0.585. The second-order valence-corrected chi connectivity index (χ2v) is 1.51. The van der Waals surface area contributed by atoms with Gasteiger partial charge in [-0.15, -0.1) is 5.73 Å². The van der Waals surface area contributed by atoms with Crippen molar-refractivity contribution in [2.24, 2.45) is 0 Å².